The molecule has 0 aliphatic carbocycles. The van der Waals surface area contributed by atoms with Gasteiger partial charge in [0.1, 0.15) is 26.4 Å². The highest BCUT2D eigenvalue weighted by Crippen LogP contribution is 2.57. The number of hydrogen-bond acceptors (Lipinski definition) is 10. The molecule has 0 amide bonds. The molecule has 10 heteroatoms. The molecule has 4 unspecified atom stereocenters. The predicted octanol–water partition coefficient (Wildman–Crippen LogP) is 11.2. The van der Waals surface area contributed by atoms with E-state index < -0.39 is 5.41 Å². The fourth-order valence-electron chi connectivity index (χ4n) is 6.95. The number of thiophene rings is 2. The summed E-state index contributed by atoms with van der Waals surface area (Å²) in [5.74, 6) is 3.90. The number of unbranched alkanes of at least 4 members (excludes halogenated alkanes) is 3. The molecule has 0 fully saturated rings. The van der Waals surface area contributed by atoms with Crippen LogP contribution in [0.2, 0.25) is 0 Å². The highest BCUT2D eigenvalue weighted by Gasteiger charge is 2.40. The summed E-state index contributed by atoms with van der Waals surface area (Å²) in [5, 5.41) is 0. The molecular weight excluding hydrogens is 697 g/mol. The largest absolute Gasteiger partial charge is 0.488 e. The van der Waals surface area contributed by atoms with Gasteiger partial charge in [0.15, 0.2) is 29.1 Å². The average Bonchev–Trinajstić information content (AvgIpc) is 3.57. The van der Waals surface area contributed by atoms with Gasteiger partial charge in [0.05, 0.1) is 34.3 Å². The Labute approximate surface area is 322 Å². The first-order valence-electron chi connectivity index (χ1n) is 20.4. The van der Waals surface area contributed by atoms with E-state index in [0.717, 1.165) is 94.2 Å². The Morgan fingerprint density at radius 1 is 0.712 bits per heavy atom. The van der Waals surface area contributed by atoms with Crippen molar-refractivity contribution < 1.29 is 38.0 Å². The van der Waals surface area contributed by atoms with Crippen molar-refractivity contribution in [3.8, 4) is 32.8 Å². The van der Waals surface area contributed by atoms with Crippen molar-refractivity contribution in [1.82, 2.24) is 0 Å². The Balaban J connectivity index is 1.48. The van der Waals surface area contributed by atoms with E-state index in [1.54, 1.807) is 22.7 Å². The number of esters is 1. The predicted molar refractivity (Wildman–Crippen MR) is 213 cm³/mol. The van der Waals surface area contributed by atoms with Crippen LogP contribution in [0.15, 0.2) is 0 Å². The monoisotopic (exact) mass is 764 g/mol. The lowest BCUT2D eigenvalue weighted by molar-refractivity contribution is -0.152. The quantitative estimate of drug-likeness (QED) is 0.0978. The molecule has 52 heavy (non-hydrogen) atoms. The first-order valence-corrected chi connectivity index (χ1v) is 22.0. The van der Waals surface area contributed by atoms with Gasteiger partial charge < -0.3 is 33.2 Å². The van der Waals surface area contributed by atoms with E-state index in [2.05, 4.69) is 41.5 Å². The van der Waals surface area contributed by atoms with E-state index in [9.17, 15) is 4.79 Å². The van der Waals surface area contributed by atoms with E-state index in [1.807, 2.05) is 13.8 Å². The van der Waals surface area contributed by atoms with Crippen LogP contribution in [-0.2, 0) is 19.0 Å². The lowest BCUT2D eigenvalue weighted by atomic mass is 9.91. The molecule has 4 rings (SSSR count). The van der Waals surface area contributed by atoms with Gasteiger partial charge in [-0.2, -0.15) is 0 Å². The lowest BCUT2D eigenvalue weighted by Crippen LogP contribution is -2.43. The van der Waals surface area contributed by atoms with Gasteiger partial charge in [0, 0.05) is 23.0 Å². The number of ether oxygens (including phenoxy) is 7. The number of carbonyl (C=O) groups is 1. The molecule has 2 aromatic rings. The maximum absolute atomic E-state index is 12.8. The molecule has 2 aromatic heterocycles. The first kappa shape index (κ1) is 42.7. The smallest absolute Gasteiger partial charge is 0.309 e. The highest BCUT2D eigenvalue weighted by molar-refractivity contribution is 7.23. The minimum absolute atomic E-state index is 0.0657. The van der Waals surface area contributed by atoms with Gasteiger partial charge in [-0.3, -0.25) is 4.79 Å². The third-order valence-electron chi connectivity index (χ3n) is 10.7. The molecule has 0 bridgehead atoms. The van der Waals surface area contributed by atoms with E-state index in [1.165, 1.54) is 38.5 Å². The number of carbonyl (C=O) groups excluding carboxylic acids is 1. The Hall–Kier alpha value is -2.01. The van der Waals surface area contributed by atoms with Crippen molar-refractivity contribution in [2.45, 2.75) is 139 Å². The second-order valence-corrected chi connectivity index (χ2v) is 17.6. The van der Waals surface area contributed by atoms with Gasteiger partial charge in [-0.1, -0.05) is 92.9 Å². The molecule has 296 valence electrons. The van der Waals surface area contributed by atoms with Gasteiger partial charge in [-0.05, 0) is 51.4 Å². The summed E-state index contributed by atoms with van der Waals surface area (Å²) in [5.41, 5.74) is -0.436. The first-order chi connectivity index (χ1) is 25.2. The standard InChI is InChI=1S/C42H68O8S2/c1-9-15-18-31(12-4)21-44-25-42(26-45-22-32(13-5)19-16-10-2)27-48-35-29(7)51-39(37(35)49-28-42)40-38-36(30(8)52-40)50-34(23-46-38)24-47-41(43)33(14-6)20-17-11-3/h31-34H,9-28H2,1-8H3. The Morgan fingerprint density at radius 3 is 1.77 bits per heavy atom. The molecule has 4 heterocycles. The molecule has 0 N–H and O–H groups in total. The zero-order chi connectivity index (χ0) is 37.5. The van der Waals surface area contributed by atoms with Crippen LogP contribution in [0.4, 0.5) is 0 Å². The van der Waals surface area contributed by atoms with Gasteiger partial charge in [0.25, 0.3) is 0 Å². The summed E-state index contributed by atoms with van der Waals surface area (Å²) in [6.45, 7) is 21.3. The van der Waals surface area contributed by atoms with Crippen molar-refractivity contribution in [3.63, 3.8) is 0 Å². The molecule has 4 atom stereocenters. The molecular formula is C42H68O8S2. The van der Waals surface area contributed by atoms with Crippen molar-refractivity contribution in [2.24, 2.45) is 23.2 Å². The van der Waals surface area contributed by atoms with Crippen LogP contribution in [-0.4, -0.2) is 64.9 Å². The third-order valence-corrected chi connectivity index (χ3v) is 13.0. The summed E-state index contributed by atoms with van der Waals surface area (Å²) in [4.78, 5) is 16.8. The maximum Gasteiger partial charge on any atom is 0.309 e. The molecule has 0 saturated carbocycles. The van der Waals surface area contributed by atoms with Crippen molar-refractivity contribution in [2.75, 3.05) is 52.9 Å². The summed E-state index contributed by atoms with van der Waals surface area (Å²) in [6, 6.07) is 0. The Morgan fingerprint density at radius 2 is 1.23 bits per heavy atom. The number of hydrogen-bond donors (Lipinski definition) is 0. The van der Waals surface area contributed by atoms with E-state index >= 15 is 0 Å². The normalized spacial score (nSPS) is 20.0. The van der Waals surface area contributed by atoms with Gasteiger partial charge in [0.2, 0.25) is 0 Å². The van der Waals surface area contributed by atoms with Gasteiger partial charge >= 0.3 is 5.97 Å². The third kappa shape index (κ3) is 11.5. The van der Waals surface area contributed by atoms with Gasteiger partial charge in [-0.15, -0.1) is 22.7 Å². The van der Waals surface area contributed by atoms with Crippen LogP contribution in [0.25, 0.3) is 9.75 Å². The summed E-state index contributed by atoms with van der Waals surface area (Å²) >= 11 is 3.30. The molecule has 0 aromatic carbocycles. The highest BCUT2D eigenvalue weighted by atomic mass is 32.1. The lowest BCUT2D eigenvalue weighted by Gasteiger charge is -2.32. The Bertz CT molecular complexity index is 1330. The molecule has 2 aliphatic rings. The summed E-state index contributed by atoms with van der Waals surface area (Å²) < 4.78 is 45.0. The van der Waals surface area contributed by atoms with Crippen LogP contribution in [0.5, 0.6) is 23.0 Å². The van der Waals surface area contributed by atoms with Crippen LogP contribution in [0.1, 0.15) is 128 Å². The molecule has 0 spiro atoms. The second-order valence-electron chi connectivity index (χ2n) is 15.2. The van der Waals surface area contributed by atoms with E-state index in [0.29, 0.717) is 44.9 Å². The number of rotatable bonds is 24. The summed E-state index contributed by atoms with van der Waals surface area (Å²) in [6.07, 6.45) is 12.9. The number of aryl methyl sites for hydroxylation is 2. The molecule has 0 radical (unpaired) electrons. The summed E-state index contributed by atoms with van der Waals surface area (Å²) in [7, 11) is 0. The van der Waals surface area contributed by atoms with Crippen molar-refractivity contribution in [1.29, 1.82) is 0 Å². The second kappa shape index (κ2) is 21.8. The zero-order valence-electron chi connectivity index (χ0n) is 33.5. The fraction of sp³-hybridized carbons (Fsp3) is 0.786. The maximum atomic E-state index is 12.8. The molecule has 0 saturated heterocycles. The SMILES string of the molecule is CCCCC(CC)COCC1(COCC(CC)CCCC)COc2c(C)sc(-c3sc(C)c4c3OCC(COC(=O)C(CC)CCCC)O4)c2OC1. The van der Waals surface area contributed by atoms with E-state index in [-0.39, 0.29) is 24.6 Å². The van der Waals surface area contributed by atoms with Crippen molar-refractivity contribution >= 4 is 28.6 Å². The van der Waals surface area contributed by atoms with E-state index in [4.69, 9.17) is 33.2 Å². The minimum atomic E-state index is -0.436. The van der Waals surface area contributed by atoms with Crippen LogP contribution < -0.4 is 18.9 Å². The fourth-order valence-corrected chi connectivity index (χ4v) is 9.15. The molecule has 2 aliphatic heterocycles. The van der Waals surface area contributed by atoms with Gasteiger partial charge in [-0.25, -0.2) is 0 Å². The van der Waals surface area contributed by atoms with Crippen molar-refractivity contribution in [3.05, 3.63) is 9.75 Å². The van der Waals surface area contributed by atoms with Crippen LogP contribution >= 0.6 is 22.7 Å². The topological polar surface area (TPSA) is 81.7 Å². The van der Waals surface area contributed by atoms with Crippen LogP contribution in [0.3, 0.4) is 0 Å². The molecule has 8 nitrogen and oxygen atoms in total. The zero-order valence-corrected chi connectivity index (χ0v) is 35.2. The average molecular weight is 765 g/mol. The minimum Gasteiger partial charge on any atom is -0.488 e. The number of fused-ring (bicyclic) bond motifs is 2. The Kier molecular flexibility index (Phi) is 17.9. The van der Waals surface area contributed by atoms with Crippen LogP contribution in [0, 0.1) is 37.0 Å².